The van der Waals surface area contributed by atoms with E-state index in [0.29, 0.717) is 5.56 Å². The number of nitrogens with one attached hydrogen (secondary N) is 1. The normalized spacial score (nSPS) is 10.6. The summed E-state index contributed by atoms with van der Waals surface area (Å²) in [6.07, 6.45) is 3.96. The van der Waals surface area contributed by atoms with Gasteiger partial charge in [0.25, 0.3) is 0 Å². The molecule has 0 spiro atoms. The summed E-state index contributed by atoms with van der Waals surface area (Å²) in [6, 6.07) is 9.59. The Balaban J connectivity index is 2.30. The summed E-state index contributed by atoms with van der Waals surface area (Å²) in [5.41, 5.74) is 2.65. The Labute approximate surface area is 107 Å². The predicted octanol–water partition coefficient (Wildman–Crippen LogP) is 3.39. The fourth-order valence-corrected chi connectivity index (χ4v) is 1.93. The Morgan fingerprint density at radius 3 is 2.78 bits per heavy atom. The Bertz CT molecular complexity index is 511. The van der Waals surface area contributed by atoms with Crippen LogP contribution in [-0.2, 0) is 6.54 Å². The van der Waals surface area contributed by atoms with Crippen LogP contribution < -0.4 is 5.32 Å². The average Bonchev–Trinajstić information content (AvgIpc) is 2.40. The van der Waals surface area contributed by atoms with Gasteiger partial charge in [0, 0.05) is 18.3 Å². The first-order valence-corrected chi connectivity index (χ1v) is 6.21. The Kier molecular flexibility index (Phi) is 4.42. The number of hydrogen-bond donors (Lipinski definition) is 1. The standard InChI is InChI=1S/C15H17FN2/c1-2-8-17-10-12-5-3-4-6-13(12)14-7-9-18-11-15(14)16/h3-7,9,11,17H,2,8,10H2,1H3. The third-order valence-electron chi connectivity index (χ3n) is 2.82. The van der Waals surface area contributed by atoms with E-state index in [0.717, 1.165) is 30.6 Å². The van der Waals surface area contributed by atoms with Gasteiger partial charge in [-0.3, -0.25) is 4.98 Å². The third-order valence-corrected chi connectivity index (χ3v) is 2.82. The minimum Gasteiger partial charge on any atom is -0.313 e. The van der Waals surface area contributed by atoms with E-state index in [4.69, 9.17) is 0 Å². The molecule has 0 atom stereocenters. The molecule has 2 rings (SSSR count). The van der Waals surface area contributed by atoms with E-state index in [1.165, 1.54) is 6.20 Å². The van der Waals surface area contributed by atoms with Crippen LogP contribution in [0.15, 0.2) is 42.7 Å². The van der Waals surface area contributed by atoms with Crippen LogP contribution in [0.1, 0.15) is 18.9 Å². The zero-order chi connectivity index (χ0) is 12.8. The SMILES string of the molecule is CCCNCc1ccccc1-c1ccncc1F. The molecular weight excluding hydrogens is 227 g/mol. The fourth-order valence-electron chi connectivity index (χ4n) is 1.93. The van der Waals surface area contributed by atoms with Crippen molar-refractivity contribution in [2.45, 2.75) is 19.9 Å². The monoisotopic (exact) mass is 244 g/mol. The van der Waals surface area contributed by atoms with E-state index in [2.05, 4.69) is 17.2 Å². The third kappa shape index (κ3) is 2.93. The number of aromatic nitrogens is 1. The van der Waals surface area contributed by atoms with Crippen molar-refractivity contribution in [1.29, 1.82) is 0 Å². The minimum atomic E-state index is -0.277. The number of rotatable bonds is 5. The van der Waals surface area contributed by atoms with E-state index in [9.17, 15) is 4.39 Å². The maximum atomic E-state index is 13.8. The van der Waals surface area contributed by atoms with Gasteiger partial charge in [0.2, 0.25) is 0 Å². The highest BCUT2D eigenvalue weighted by atomic mass is 19.1. The van der Waals surface area contributed by atoms with Crippen molar-refractivity contribution in [3.05, 3.63) is 54.1 Å². The average molecular weight is 244 g/mol. The van der Waals surface area contributed by atoms with Crippen LogP contribution in [0.5, 0.6) is 0 Å². The van der Waals surface area contributed by atoms with E-state index in [1.807, 2.05) is 24.3 Å². The highest BCUT2D eigenvalue weighted by molar-refractivity contribution is 5.67. The van der Waals surface area contributed by atoms with Crippen LogP contribution in [0, 0.1) is 5.82 Å². The first kappa shape index (κ1) is 12.7. The number of hydrogen-bond acceptors (Lipinski definition) is 2. The lowest BCUT2D eigenvalue weighted by molar-refractivity contribution is 0.624. The molecule has 1 aromatic carbocycles. The lowest BCUT2D eigenvalue weighted by Gasteiger charge is -2.10. The van der Waals surface area contributed by atoms with Crippen LogP contribution in [0.3, 0.4) is 0 Å². The highest BCUT2D eigenvalue weighted by Gasteiger charge is 2.08. The van der Waals surface area contributed by atoms with Crippen LogP contribution >= 0.6 is 0 Å². The molecule has 18 heavy (non-hydrogen) atoms. The van der Waals surface area contributed by atoms with E-state index in [-0.39, 0.29) is 5.82 Å². The highest BCUT2D eigenvalue weighted by Crippen LogP contribution is 2.25. The van der Waals surface area contributed by atoms with E-state index < -0.39 is 0 Å². The number of nitrogens with zero attached hydrogens (tertiary/aromatic N) is 1. The van der Waals surface area contributed by atoms with Gasteiger partial charge in [-0.15, -0.1) is 0 Å². The number of halogens is 1. The van der Waals surface area contributed by atoms with Crippen LogP contribution in [0.2, 0.25) is 0 Å². The molecular formula is C15H17FN2. The minimum absolute atomic E-state index is 0.277. The summed E-state index contributed by atoms with van der Waals surface area (Å²) < 4.78 is 13.8. The summed E-state index contributed by atoms with van der Waals surface area (Å²) in [5.74, 6) is -0.277. The van der Waals surface area contributed by atoms with Crippen molar-refractivity contribution in [2.24, 2.45) is 0 Å². The smallest absolute Gasteiger partial charge is 0.149 e. The molecule has 0 aliphatic carbocycles. The summed E-state index contributed by atoms with van der Waals surface area (Å²) in [4.78, 5) is 3.78. The van der Waals surface area contributed by atoms with Crippen molar-refractivity contribution < 1.29 is 4.39 Å². The lowest BCUT2D eigenvalue weighted by Crippen LogP contribution is -2.14. The van der Waals surface area contributed by atoms with Crippen LogP contribution in [-0.4, -0.2) is 11.5 Å². The molecule has 0 saturated heterocycles. The van der Waals surface area contributed by atoms with Gasteiger partial charge in [-0.1, -0.05) is 31.2 Å². The predicted molar refractivity (Wildman–Crippen MR) is 71.6 cm³/mol. The van der Waals surface area contributed by atoms with Gasteiger partial charge in [0.1, 0.15) is 5.82 Å². The summed E-state index contributed by atoms with van der Waals surface area (Å²) >= 11 is 0. The number of pyridine rings is 1. The molecule has 0 aliphatic rings. The summed E-state index contributed by atoms with van der Waals surface area (Å²) in [5, 5.41) is 3.34. The van der Waals surface area contributed by atoms with Crippen molar-refractivity contribution in [3.8, 4) is 11.1 Å². The molecule has 0 saturated carbocycles. The lowest BCUT2D eigenvalue weighted by atomic mass is 10.0. The Morgan fingerprint density at radius 2 is 2.00 bits per heavy atom. The molecule has 0 fully saturated rings. The molecule has 0 aliphatic heterocycles. The summed E-state index contributed by atoms with van der Waals surface area (Å²) in [6.45, 7) is 3.85. The maximum Gasteiger partial charge on any atom is 0.149 e. The topological polar surface area (TPSA) is 24.9 Å². The molecule has 94 valence electrons. The molecule has 1 aromatic heterocycles. The fraction of sp³-hybridized carbons (Fsp3) is 0.267. The molecule has 1 heterocycles. The second-order valence-corrected chi connectivity index (χ2v) is 4.19. The van der Waals surface area contributed by atoms with E-state index >= 15 is 0 Å². The van der Waals surface area contributed by atoms with Crippen LogP contribution in [0.25, 0.3) is 11.1 Å². The van der Waals surface area contributed by atoms with Crippen molar-refractivity contribution in [2.75, 3.05) is 6.54 Å². The van der Waals surface area contributed by atoms with Crippen molar-refractivity contribution in [1.82, 2.24) is 10.3 Å². The van der Waals surface area contributed by atoms with Gasteiger partial charge in [-0.2, -0.15) is 0 Å². The first-order chi connectivity index (χ1) is 8.83. The van der Waals surface area contributed by atoms with Gasteiger partial charge < -0.3 is 5.32 Å². The second-order valence-electron chi connectivity index (χ2n) is 4.19. The van der Waals surface area contributed by atoms with Crippen molar-refractivity contribution in [3.63, 3.8) is 0 Å². The second kappa shape index (κ2) is 6.26. The van der Waals surface area contributed by atoms with Crippen molar-refractivity contribution >= 4 is 0 Å². The molecule has 2 aromatic rings. The summed E-state index contributed by atoms with van der Waals surface area (Å²) in [7, 11) is 0. The van der Waals surface area contributed by atoms with E-state index in [1.54, 1.807) is 12.3 Å². The quantitative estimate of drug-likeness (QED) is 0.815. The first-order valence-electron chi connectivity index (χ1n) is 6.21. The molecule has 0 bridgehead atoms. The van der Waals surface area contributed by atoms with Gasteiger partial charge >= 0.3 is 0 Å². The molecule has 0 unspecified atom stereocenters. The number of benzene rings is 1. The zero-order valence-electron chi connectivity index (χ0n) is 10.5. The van der Waals surface area contributed by atoms with Gasteiger partial charge in [0.05, 0.1) is 6.20 Å². The van der Waals surface area contributed by atoms with Gasteiger partial charge in [-0.25, -0.2) is 4.39 Å². The van der Waals surface area contributed by atoms with Gasteiger partial charge in [-0.05, 0) is 30.2 Å². The van der Waals surface area contributed by atoms with Gasteiger partial charge in [0.15, 0.2) is 0 Å². The molecule has 1 N–H and O–H groups in total. The Hall–Kier alpha value is -1.74. The maximum absolute atomic E-state index is 13.8. The Morgan fingerprint density at radius 1 is 1.17 bits per heavy atom. The molecule has 2 nitrogen and oxygen atoms in total. The molecule has 0 radical (unpaired) electrons. The van der Waals surface area contributed by atoms with Crippen LogP contribution in [0.4, 0.5) is 4.39 Å². The molecule has 0 amide bonds. The zero-order valence-corrected chi connectivity index (χ0v) is 10.5. The largest absolute Gasteiger partial charge is 0.313 e. The molecule has 3 heteroatoms.